The highest BCUT2D eigenvalue weighted by atomic mass is 16.5. The van der Waals surface area contributed by atoms with Crippen molar-refractivity contribution in [1.29, 1.82) is 0 Å². The minimum absolute atomic E-state index is 0.578. The van der Waals surface area contributed by atoms with Crippen LogP contribution in [0.1, 0.15) is 6.42 Å². The molecule has 4 aromatic rings. The lowest BCUT2D eigenvalue weighted by Crippen LogP contribution is -2.11. The minimum Gasteiger partial charge on any atom is -0.494 e. The molecule has 0 bridgehead atoms. The van der Waals surface area contributed by atoms with Crippen LogP contribution in [-0.4, -0.2) is 32.7 Å². The molecule has 0 radical (unpaired) electrons. The van der Waals surface area contributed by atoms with Gasteiger partial charge in [0, 0.05) is 18.2 Å². The molecule has 0 saturated heterocycles. The first kappa shape index (κ1) is 16.1. The lowest BCUT2D eigenvalue weighted by molar-refractivity contribution is 0.315. The van der Waals surface area contributed by atoms with Gasteiger partial charge in [-0.2, -0.15) is 14.6 Å². The second-order valence-corrected chi connectivity index (χ2v) is 5.81. The molecule has 6 heteroatoms. The zero-order valence-corrected chi connectivity index (χ0v) is 14.2. The zero-order valence-electron chi connectivity index (χ0n) is 14.2. The van der Waals surface area contributed by atoms with E-state index in [9.17, 15) is 0 Å². The van der Waals surface area contributed by atoms with Crippen LogP contribution in [0, 0.1) is 0 Å². The summed E-state index contributed by atoms with van der Waals surface area (Å²) in [6.07, 6.45) is 2.38. The summed E-state index contributed by atoms with van der Waals surface area (Å²) < 4.78 is 7.44. The number of benzene rings is 2. The predicted molar refractivity (Wildman–Crippen MR) is 101 cm³/mol. The molecule has 130 valence electrons. The number of ether oxygens (including phenoxy) is 1. The van der Waals surface area contributed by atoms with Crippen molar-refractivity contribution in [2.24, 2.45) is 0 Å². The van der Waals surface area contributed by atoms with E-state index in [2.05, 4.69) is 20.4 Å². The summed E-state index contributed by atoms with van der Waals surface area (Å²) in [4.78, 5) is 8.80. The fourth-order valence-electron chi connectivity index (χ4n) is 2.69. The summed E-state index contributed by atoms with van der Waals surface area (Å²) in [5, 5.41) is 7.66. The number of fused-ring (bicyclic) bond motifs is 1. The molecule has 2 heterocycles. The average molecular weight is 345 g/mol. The first-order valence-corrected chi connectivity index (χ1v) is 8.58. The van der Waals surface area contributed by atoms with E-state index in [-0.39, 0.29) is 0 Å². The van der Waals surface area contributed by atoms with Crippen LogP contribution in [0.3, 0.4) is 0 Å². The largest absolute Gasteiger partial charge is 0.494 e. The summed E-state index contributed by atoms with van der Waals surface area (Å²) in [6, 6.07) is 21.9. The van der Waals surface area contributed by atoms with Gasteiger partial charge in [0.1, 0.15) is 17.9 Å². The Bertz CT molecular complexity index is 969. The molecule has 0 aliphatic rings. The third-order valence-corrected chi connectivity index (χ3v) is 3.96. The number of para-hydroxylation sites is 1. The Kier molecular flexibility index (Phi) is 4.73. The van der Waals surface area contributed by atoms with Gasteiger partial charge in [0.15, 0.2) is 0 Å². The molecule has 2 aromatic carbocycles. The van der Waals surface area contributed by atoms with Crippen molar-refractivity contribution in [1.82, 2.24) is 19.6 Å². The minimum atomic E-state index is 0.578. The molecular weight excluding hydrogens is 326 g/mol. The summed E-state index contributed by atoms with van der Waals surface area (Å²) in [7, 11) is 0. The first-order chi connectivity index (χ1) is 12.9. The molecule has 0 amide bonds. The highest BCUT2D eigenvalue weighted by molar-refractivity contribution is 5.65. The molecule has 0 fully saturated rings. The van der Waals surface area contributed by atoms with Gasteiger partial charge in [-0.05, 0) is 18.6 Å². The molecule has 0 spiro atoms. The normalized spacial score (nSPS) is 10.8. The molecular formula is C20H19N5O. The van der Waals surface area contributed by atoms with E-state index in [1.165, 1.54) is 6.33 Å². The lowest BCUT2D eigenvalue weighted by atomic mass is 10.1. The van der Waals surface area contributed by atoms with Crippen molar-refractivity contribution in [3.05, 3.63) is 73.1 Å². The number of nitrogens with one attached hydrogen (secondary N) is 1. The molecule has 26 heavy (non-hydrogen) atoms. The molecule has 0 atom stereocenters. The topological polar surface area (TPSA) is 64.3 Å². The van der Waals surface area contributed by atoms with Gasteiger partial charge in [-0.3, -0.25) is 0 Å². The van der Waals surface area contributed by atoms with Gasteiger partial charge < -0.3 is 10.1 Å². The van der Waals surface area contributed by atoms with Crippen LogP contribution in [0.15, 0.2) is 73.1 Å². The van der Waals surface area contributed by atoms with E-state index >= 15 is 0 Å². The van der Waals surface area contributed by atoms with Crippen LogP contribution in [-0.2, 0) is 0 Å². The maximum atomic E-state index is 5.72. The number of hydrogen-bond donors (Lipinski definition) is 1. The van der Waals surface area contributed by atoms with Crippen molar-refractivity contribution >= 4 is 11.6 Å². The van der Waals surface area contributed by atoms with E-state index in [1.807, 2.05) is 66.7 Å². The van der Waals surface area contributed by atoms with Crippen LogP contribution in [0.2, 0.25) is 0 Å². The maximum absolute atomic E-state index is 5.72. The predicted octanol–water partition coefficient (Wildman–Crippen LogP) is 3.67. The Morgan fingerprint density at radius 3 is 2.54 bits per heavy atom. The molecule has 1 N–H and O–H groups in total. The summed E-state index contributed by atoms with van der Waals surface area (Å²) in [5.74, 6) is 2.34. The Hall–Kier alpha value is -3.41. The van der Waals surface area contributed by atoms with Gasteiger partial charge in [-0.15, -0.1) is 0 Å². The molecule has 0 aliphatic heterocycles. The van der Waals surface area contributed by atoms with Gasteiger partial charge in [-0.1, -0.05) is 48.5 Å². The van der Waals surface area contributed by atoms with E-state index in [0.717, 1.165) is 35.8 Å². The molecule has 0 unspecified atom stereocenters. The highest BCUT2D eigenvalue weighted by Gasteiger charge is 2.08. The number of rotatable bonds is 7. The van der Waals surface area contributed by atoms with Crippen LogP contribution in [0.5, 0.6) is 5.75 Å². The molecule has 2 aromatic heterocycles. The fraction of sp³-hybridized carbons (Fsp3) is 0.150. The van der Waals surface area contributed by atoms with E-state index < -0.39 is 0 Å². The average Bonchev–Trinajstić information content (AvgIpc) is 3.18. The Morgan fingerprint density at radius 1 is 0.962 bits per heavy atom. The van der Waals surface area contributed by atoms with E-state index in [4.69, 9.17) is 4.74 Å². The van der Waals surface area contributed by atoms with Gasteiger partial charge in [0.2, 0.25) is 0 Å². The molecule has 0 aliphatic carbocycles. The zero-order chi connectivity index (χ0) is 17.6. The van der Waals surface area contributed by atoms with Crippen LogP contribution in [0.4, 0.5) is 5.82 Å². The van der Waals surface area contributed by atoms with Gasteiger partial charge in [-0.25, -0.2) is 4.98 Å². The number of aromatic nitrogens is 4. The quantitative estimate of drug-likeness (QED) is 0.518. The van der Waals surface area contributed by atoms with Gasteiger partial charge >= 0.3 is 0 Å². The summed E-state index contributed by atoms with van der Waals surface area (Å²) in [5.41, 5.74) is 1.92. The summed E-state index contributed by atoms with van der Waals surface area (Å²) in [6.45, 7) is 1.41. The number of hydrogen-bond acceptors (Lipinski definition) is 5. The number of anilines is 1. The van der Waals surface area contributed by atoms with Crippen LogP contribution in [0.25, 0.3) is 17.0 Å². The van der Waals surface area contributed by atoms with Crippen molar-refractivity contribution in [3.8, 4) is 17.0 Å². The maximum Gasteiger partial charge on any atom is 0.254 e. The van der Waals surface area contributed by atoms with Gasteiger partial charge in [0.05, 0.1) is 12.3 Å². The third-order valence-electron chi connectivity index (χ3n) is 3.96. The van der Waals surface area contributed by atoms with E-state index in [0.29, 0.717) is 12.4 Å². The third kappa shape index (κ3) is 3.64. The monoisotopic (exact) mass is 345 g/mol. The molecule has 4 rings (SSSR count). The smallest absolute Gasteiger partial charge is 0.254 e. The number of nitrogens with zero attached hydrogens (tertiary/aromatic N) is 4. The second-order valence-electron chi connectivity index (χ2n) is 5.81. The van der Waals surface area contributed by atoms with Crippen LogP contribution >= 0.6 is 0 Å². The van der Waals surface area contributed by atoms with Crippen LogP contribution < -0.4 is 10.1 Å². The SMILES string of the molecule is c1ccc(OCCCNc2cc(-c3ccccc3)nc3ncnn23)cc1. The van der Waals surface area contributed by atoms with Crippen molar-refractivity contribution in [2.75, 3.05) is 18.5 Å². The first-order valence-electron chi connectivity index (χ1n) is 8.58. The van der Waals surface area contributed by atoms with Crippen molar-refractivity contribution in [2.45, 2.75) is 6.42 Å². The Labute approximate surface area is 151 Å². The molecule has 0 saturated carbocycles. The second kappa shape index (κ2) is 7.65. The Morgan fingerprint density at radius 2 is 1.73 bits per heavy atom. The lowest BCUT2D eigenvalue weighted by Gasteiger charge is -2.10. The Balaban J connectivity index is 1.43. The fourth-order valence-corrected chi connectivity index (χ4v) is 2.69. The van der Waals surface area contributed by atoms with Gasteiger partial charge in [0.25, 0.3) is 5.78 Å². The highest BCUT2D eigenvalue weighted by Crippen LogP contribution is 2.21. The summed E-state index contributed by atoms with van der Waals surface area (Å²) >= 11 is 0. The van der Waals surface area contributed by atoms with E-state index in [1.54, 1.807) is 4.52 Å². The standard InChI is InChI=1S/C20H19N5O/c1-3-8-16(9-4-1)18-14-19(25-20(24-18)22-15-23-25)21-12-7-13-26-17-10-5-2-6-11-17/h1-6,8-11,14-15,21H,7,12-13H2. The van der Waals surface area contributed by atoms with Crippen molar-refractivity contribution in [3.63, 3.8) is 0 Å². The van der Waals surface area contributed by atoms with Crippen molar-refractivity contribution < 1.29 is 4.74 Å². The molecule has 6 nitrogen and oxygen atoms in total.